The van der Waals surface area contributed by atoms with Crippen molar-refractivity contribution in [3.8, 4) is 0 Å². The first-order chi connectivity index (χ1) is 10.1. The number of benzene rings is 2. The summed E-state index contributed by atoms with van der Waals surface area (Å²) in [6, 6.07) is 16.3. The van der Waals surface area contributed by atoms with Crippen LogP contribution >= 0.6 is 11.6 Å². The van der Waals surface area contributed by atoms with Crippen LogP contribution in [-0.2, 0) is 4.74 Å². The Morgan fingerprint density at radius 2 is 1.67 bits per heavy atom. The first-order valence-corrected chi connectivity index (χ1v) is 7.21. The third-order valence-electron chi connectivity index (χ3n) is 2.85. The van der Waals surface area contributed by atoms with Crippen LogP contribution in [0.3, 0.4) is 0 Å². The highest BCUT2D eigenvalue weighted by Crippen LogP contribution is 2.17. The van der Waals surface area contributed by atoms with Gasteiger partial charge >= 0.3 is 0 Å². The van der Waals surface area contributed by atoms with Gasteiger partial charge in [0, 0.05) is 16.3 Å². The lowest BCUT2D eigenvalue weighted by atomic mass is 10.1. The molecule has 1 atom stereocenters. The number of nitrogens with one attached hydrogen (secondary N) is 1. The van der Waals surface area contributed by atoms with Crippen molar-refractivity contribution in [2.45, 2.75) is 26.2 Å². The van der Waals surface area contributed by atoms with Gasteiger partial charge in [0.25, 0.3) is 0 Å². The summed E-state index contributed by atoms with van der Waals surface area (Å²) in [5.41, 5.74) is 1.40. The van der Waals surface area contributed by atoms with Crippen molar-refractivity contribution in [2.75, 3.05) is 5.32 Å². The van der Waals surface area contributed by atoms with E-state index in [-0.39, 0.29) is 11.9 Å². The fourth-order valence-electron chi connectivity index (χ4n) is 1.88. The van der Waals surface area contributed by atoms with Gasteiger partial charge in [0.15, 0.2) is 6.23 Å². The molecule has 0 saturated heterocycles. The maximum absolute atomic E-state index is 12.5. The molecule has 2 rings (SSSR count). The number of Topliss-reactive ketones (excluding diaryl/α,β-unsaturated/α-hetero) is 1. The zero-order valence-electron chi connectivity index (χ0n) is 12.0. The molecule has 0 aliphatic rings. The van der Waals surface area contributed by atoms with E-state index in [9.17, 15) is 4.79 Å². The Bertz CT molecular complexity index is 581. The number of hydrogen-bond acceptors (Lipinski definition) is 3. The molecule has 0 amide bonds. The summed E-state index contributed by atoms with van der Waals surface area (Å²) in [4.78, 5) is 12.5. The molecule has 0 aliphatic heterocycles. The first kappa shape index (κ1) is 15.5. The van der Waals surface area contributed by atoms with Gasteiger partial charge in [-0.05, 0) is 38.1 Å². The molecule has 0 saturated carbocycles. The minimum Gasteiger partial charge on any atom is -0.354 e. The largest absolute Gasteiger partial charge is 0.354 e. The molecular weight excluding hydrogens is 286 g/mol. The number of halogens is 1. The molecule has 1 N–H and O–H groups in total. The van der Waals surface area contributed by atoms with Gasteiger partial charge in [-0.1, -0.05) is 41.9 Å². The van der Waals surface area contributed by atoms with Crippen LogP contribution in [0.1, 0.15) is 24.2 Å². The number of carbonyl (C=O) groups excluding carboxylic acids is 1. The molecule has 0 heterocycles. The van der Waals surface area contributed by atoms with Crippen LogP contribution in [0, 0.1) is 0 Å². The summed E-state index contributed by atoms with van der Waals surface area (Å²) in [5, 5.41) is 3.75. The van der Waals surface area contributed by atoms with E-state index in [2.05, 4.69) is 5.32 Å². The normalized spacial score (nSPS) is 12.2. The lowest BCUT2D eigenvalue weighted by Crippen LogP contribution is -2.34. The molecule has 21 heavy (non-hydrogen) atoms. The Labute approximate surface area is 129 Å². The predicted octanol–water partition coefficient (Wildman–Crippen LogP) is 4.39. The fraction of sp³-hybridized carbons (Fsp3) is 0.235. The van der Waals surface area contributed by atoms with Crippen LogP contribution in [-0.4, -0.2) is 18.1 Å². The quantitative estimate of drug-likeness (QED) is 0.635. The van der Waals surface area contributed by atoms with E-state index >= 15 is 0 Å². The molecule has 0 bridgehead atoms. The molecular formula is C17H18ClNO2. The van der Waals surface area contributed by atoms with E-state index < -0.39 is 6.23 Å². The Balaban J connectivity index is 2.18. The van der Waals surface area contributed by atoms with Crippen molar-refractivity contribution >= 4 is 23.1 Å². The Morgan fingerprint density at radius 1 is 1.05 bits per heavy atom. The molecule has 0 aromatic heterocycles. The summed E-state index contributed by atoms with van der Waals surface area (Å²) < 4.78 is 5.71. The van der Waals surface area contributed by atoms with Gasteiger partial charge < -0.3 is 10.1 Å². The zero-order chi connectivity index (χ0) is 15.2. The summed E-state index contributed by atoms with van der Waals surface area (Å²) in [7, 11) is 0. The number of hydrogen-bond donors (Lipinski definition) is 1. The molecule has 0 aliphatic carbocycles. The van der Waals surface area contributed by atoms with Crippen LogP contribution in [0.2, 0.25) is 5.02 Å². The van der Waals surface area contributed by atoms with Gasteiger partial charge in [-0.2, -0.15) is 0 Å². The Kier molecular flexibility index (Phi) is 5.37. The molecule has 2 aromatic rings. The average molecular weight is 304 g/mol. The van der Waals surface area contributed by atoms with Crippen molar-refractivity contribution in [1.82, 2.24) is 0 Å². The molecule has 110 valence electrons. The monoisotopic (exact) mass is 303 g/mol. The van der Waals surface area contributed by atoms with Crippen molar-refractivity contribution in [1.29, 1.82) is 0 Å². The van der Waals surface area contributed by atoms with Crippen LogP contribution in [0.4, 0.5) is 5.69 Å². The summed E-state index contributed by atoms with van der Waals surface area (Å²) in [6.07, 6.45) is -0.795. The molecule has 0 spiro atoms. The average Bonchev–Trinajstić information content (AvgIpc) is 2.48. The standard InChI is InChI=1S/C17H18ClNO2/c1-12(2)21-17(16(20)13-6-4-3-5-7-13)19-15-10-8-14(18)9-11-15/h3-12,17,19H,1-2H3. The van der Waals surface area contributed by atoms with E-state index in [1.54, 1.807) is 24.3 Å². The molecule has 1 unspecified atom stereocenters. The van der Waals surface area contributed by atoms with Crippen molar-refractivity contribution in [3.05, 3.63) is 65.2 Å². The lowest BCUT2D eigenvalue weighted by Gasteiger charge is -2.21. The fourth-order valence-corrected chi connectivity index (χ4v) is 2.01. The Morgan fingerprint density at radius 3 is 2.24 bits per heavy atom. The number of ketones is 1. The SMILES string of the molecule is CC(C)OC(Nc1ccc(Cl)cc1)C(=O)c1ccccc1. The lowest BCUT2D eigenvalue weighted by molar-refractivity contribution is 0.0239. The molecule has 0 radical (unpaired) electrons. The maximum Gasteiger partial charge on any atom is 0.212 e. The third-order valence-corrected chi connectivity index (χ3v) is 3.10. The van der Waals surface area contributed by atoms with Crippen LogP contribution in [0.25, 0.3) is 0 Å². The molecule has 3 nitrogen and oxygen atoms in total. The highest BCUT2D eigenvalue weighted by atomic mass is 35.5. The van der Waals surface area contributed by atoms with Crippen LogP contribution in [0.5, 0.6) is 0 Å². The number of anilines is 1. The zero-order valence-corrected chi connectivity index (χ0v) is 12.8. The van der Waals surface area contributed by atoms with Gasteiger partial charge in [-0.15, -0.1) is 0 Å². The van der Waals surface area contributed by atoms with E-state index in [0.717, 1.165) is 5.69 Å². The van der Waals surface area contributed by atoms with Crippen LogP contribution in [0.15, 0.2) is 54.6 Å². The topological polar surface area (TPSA) is 38.3 Å². The van der Waals surface area contributed by atoms with Gasteiger partial charge in [0.05, 0.1) is 6.10 Å². The number of carbonyl (C=O) groups is 1. The first-order valence-electron chi connectivity index (χ1n) is 6.83. The highest BCUT2D eigenvalue weighted by Gasteiger charge is 2.21. The Hall–Kier alpha value is -1.84. The van der Waals surface area contributed by atoms with Gasteiger partial charge in [0.1, 0.15) is 0 Å². The second-order valence-electron chi connectivity index (χ2n) is 4.95. The van der Waals surface area contributed by atoms with E-state index in [1.165, 1.54) is 0 Å². The predicted molar refractivity (Wildman–Crippen MR) is 85.9 cm³/mol. The minimum absolute atomic E-state index is 0.0672. The second-order valence-corrected chi connectivity index (χ2v) is 5.38. The minimum atomic E-state index is -0.728. The van der Waals surface area contributed by atoms with Crippen molar-refractivity contribution < 1.29 is 9.53 Å². The van der Waals surface area contributed by atoms with E-state index in [0.29, 0.717) is 10.6 Å². The second kappa shape index (κ2) is 7.25. The smallest absolute Gasteiger partial charge is 0.212 e. The maximum atomic E-state index is 12.5. The van der Waals surface area contributed by atoms with Gasteiger partial charge in [0.2, 0.25) is 5.78 Å². The summed E-state index contributed by atoms with van der Waals surface area (Å²) >= 11 is 5.87. The van der Waals surface area contributed by atoms with Gasteiger partial charge in [-0.3, -0.25) is 4.79 Å². The summed E-state index contributed by atoms with van der Waals surface area (Å²) in [5.74, 6) is -0.0979. The van der Waals surface area contributed by atoms with Crippen LogP contribution < -0.4 is 5.32 Å². The molecule has 0 fully saturated rings. The van der Waals surface area contributed by atoms with E-state index in [1.807, 2.05) is 44.2 Å². The molecule has 2 aromatic carbocycles. The molecule has 4 heteroatoms. The number of rotatable bonds is 6. The highest BCUT2D eigenvalue weighted by molar-refractivity contribution is 6.30. The summed E-state index contributed by atoms with van der Waals surface area (Å²) in [6.45, 7) is 3.80. The third kappa shape index (κ3) is 4.59. The van der Waals surface area contributed by atoms with Crippen molar-refractivity contribution in [2.24, 2.45) is 0 Å². The van der Waals surface area contributed by atoms with E-state index in [4.69, 9.17) is 16.3 Å². The van der Waals surface area contributed by atoms with Gasteiger partial charge in [-0.25, -0.2) is 0 Å². The number of ether oxygens (including phenoxy) is 1. The van der Waals surface area contributed by atoms with Crippen molar-refractivity contribution in [3.63, 3.8) is 0 Å².